The van der Waals surface area contributed by atoms with Crippen molar-refractivity contribution < 1.29 is 17.4 Å². The number of primary amides is 1. The van der Waals surface area contributed by atoms with E-state index in [-0.39, 0.29) is 16.2 Å². The molecule has 6 heteroatoms. The molecule has 1 amide bonds. The van der Waals surface area contributed by atoms with Gasteiger partial charge in [-0.15, -0.1) is 0 Å². The Morgan fingerprint density at radius 3 is 2.43 bits per heavy atom. The largest absolute Gasteiger partial charge is 0.378 e. The van der Waals surface area contributed by atoms with E-state index in [1.165, 1.54) is 17.7 Å². The molecule has 0 aliphatic heterocycles. The average Bonchev–Trinajstić information content (AvgIpc) is 2.54. The molecule has 0 spiro atoms. The first-order valence-corrected chi connectivity index (χ1v) is 8.83. The maximum atomic E-state index is 12.5. The molecule has 3 rings (SSSR count). The summed E-state index contributed by atoms with van der Waals surface area (Å²) < 4.78 is 30.1. The zero-order chi connectivity index (χ0) is 16.4. The molecule has 5 nitrogen and oxygen atoms in total. The summed E-state index contributed by atoms with van der Waals surface area (Å²) in [7, 11) is -4.01. The van der Waals surface area contributed by atoms with E-state index in [9.17, 15) is 13.2 Å². The number of rotatable bonds is 4. The van der Waals surface area contributed by atoms with Gasteiger partial charge >= 0.3 is 10.1 Å². The lowest BCUT2D eigenvalue weighted by Crippen LogP contribution is -2.16. The van der Waals surface area contributed by atoms with Crippen LogP contribution in [0.4, 0.5) is 0 Å². The number of fused-ring (bicyclic) bond motifs is 1. The average molecular weight is 331 g/mol. The number of nitrogens with two attached hydrogens (primary N) is 1. The van der Waals surface area contributed by atoms with Crippen molar-refractivity contribution in [3.8, 4) is 5.75 Å². The molecule has 2 aromatic carbocycles. The van der Waals surface area contributed by atoms with Crippen molar-refractivity contribution >= 4 is 16.0 Å². The van der Waals surface area contributed by atoms with Crippen molar-refractivity contribution in [2.24, 2.45) is 5.73 Å². The summed E-state index contributed by atoms with van der Waals surface area (Å²) in [5, 5.41) is 0. The number of para-hydroxylation sites is 1. The van der Waals surface area contributed by atoms with E-state index in [1.807, 2.05) is 6.07 Å². The van der Waals surface area contributed by atoms with E-state index in [0.29, 0.717) is 0 Å². The van der Waals surface area contributed by atoms with Crippen LogP contribution < -0.4 is 9.92 Å². The second-order valence-corrected chi connectivity index (χ2v) is 7.08. The molecule has 1 aliphatic rings. The van der Waals surface area contributed by atoms with Gasteiger partial charge in [-0.05, 0) is 61.1 Å². The van der Waals surface area contributed by atoms with Crippen LogP contribution in [-0.2, 0) is 23.0 Å². The molecule has 0 radical (unpaired) electrons. The Labute approximate surface area is 135 Å². The standard InChI is InChI=1S/C17H17NO4S/c18-17(19)15-7-3-4-8-16(15)22-23(20,21)14-10-9-12-5-1-2-6-13(12)11-14/h3-4,7-11H,1-2,5-6H2,(H2,18,19). The third-order valence-corrected chi connectivity index (χ3v) is 5.19. The first-order valence-electron chi connectivity index (χ1n) is 7.42. The molecule has 0 bridgehead atoms. The van der Waals surface area contributed by atoms with E-state index < -0.39 is 16.0 Å². The van der Waals surface area contributed by atoms with Crippen molar-refractivity contribution in [1.82, 2.24) is 0 Å². The van der Waals surface area contributed by atoms with Crippen molar-refractivity contribution in [1.29, 1.82) is 0 Å². The van der Waals surface area contributed by atoms with Crippen molar-refractivity contribution in [2.75, 3.05) is 0 Å². The summed E-state index contributed by atoms with van der Waals surface area (Å²) in [6, 6.07) is 11.1. The minimum absolute atomic E-state index is 0.0361. The van der Waals surface area contributed by atoms with Crippen LogP contribution in [0.25, 0.3) is 0 Å². The van der Waals surface area contributed by atoms with Crippen LogP contribution >= 0.6 is 0 Å². The van der Waals surface area contributed by atoms with Gasteiger partial charge in [0.05, 0.1) is 5.56 Å². The highest BCUT2D eigenvalue weighted by molar-refractivity contribution is 7.87. The molecular formula is C17H17NO4S. The molecule has 0 heterocycles. The van der Waals surface area contributed by atoms with Gasteiger partial charge in [0.25, 0.3) is 5.91 Å². The van der Waals surface area contributed by atoms with Crippen molar-refractivity contribution in [3.05, 3.63) is 59.2 Å². The lowest BCUT2D eigenvalue weighted by atomic mass is 9.92. The third-order valence-electron chi connectivity index (χ3n) is 3.96. The van der Waals surface area contributed by atoms with Gasteiger partial charge in [-0.2, -0.15) is 8.42 Å². The van der Waals surface area contributed by atoms with Crippen LogP contribution in [-0.4, -0.2) is 14.3 Å². The molecule has 0 atom stereocenters. The third kappa shape index (κ3) is 3.22. The molecule has 0 aromatic heterocycles. The molecular weight excluding hydrogens is 314 g/mol. The van der Waals surface area contributed by atoms with E-state index in [2.05, 4.69) is 0 Å². The monoisotopic (exact) mass is 331 g/mol. The van der Waals surface area contributed by atoms with Gasteiger partial charge < -0.3 is 9.92 Å². The van der Waals surface area contributed by atoms with Gasteiger partial charge in [-0.3, -0.25) is 4.79 Å². The number of hydrogen-bond acceptors (Lipinski definition) is 4. The predicted molar refractivity (Wildman–Crippen MR) is 85.9 cm³/mol. The van der Waals surface area contributed by atoms with Crippen LogP contribution in [0.15, 0.2) is 47.4 Å². The molecule has 2 N–H and O–H groups in total. The molecule has 23 heavy (non-hydrogen) atoms. The molecule has 2 aromatic rings. The SMILES string of the molecule is NC(=O)c1ccccc1OS(=O)(=O)c1ccc2c(c1)CCCC2. The normalized spacial score (nSPS) is 14.1. The number of amides is 1. The summed E-state index contributed by atoms with van der Waals surface area (Å²) >= 11 is 0. The second kappa shape index (κ2) is 6.04. The lowest BCUT2D eigenvalue weighted by molar-refractivity contribution is 0.0999. The minimum atomic E-state index is -4.01. The fourth-order valence-electron chi connectivity index (χ4n) is 2.77. The summed E-state index contributed by atoms with van der Waals surface area (Å²) in [6.45, 7) is 0. The topological polar surface area (TPSA) is 86.5 Å². The highest BCUT2D eigenvalue weighted by Crippen LogP contribution is 2.27. The van der Waals surface area contributed by atoms with Crippen LogP contribution in [0.1, 0.15) is 34.3 Å². The van der Waals surface area contributed by atoms with Gasteiger partial charge in [-0.25, -0.2) is 0 Å². The van der Waals surface area contributed by atoms with Crippen LogP contribution in [0.5, 0.6) is 5.75 Å². The zero-order valence-electron chi connectivity index (χ0n) is 12.5. The maximum absolute atomic E-state index is 12.5. The maximum Gasteiger partial charge on any atom is 0.339 e. The second-order valence-electron chi connectivity index (χ2n) is 5.54. The minimum Gasteiger partial charge on any atom is -0.378 e. The molecule has 0 unspecified atom stereocenters. The number of hydrogen-bond donors (Lipinski definition) is 1. The Morgan fingerprint density at radius 2 is 1.70 bits per heavy atom. The Bertz CT molecular complexity index is 859. The highest BCUT2D eigenvalue weighted by Gasteiger charge is 2.22. The first kappa shape index (κ1) is 15.6. The molecule has 120 valence electrons. The van der Waals surface area contributed by atoms with Gasteiger partial charge in [0.2, 0.25) is 0 Å². The zero-order valence-corrected chi connectivity index (χ0v) is 13.3. The van der Waals surface area contributed by atoms with Gasteiger partial charge in [0.1, 0.15) is 4.90 Å². The first-order chi connectivity index (χ1) is 11.0. The quantitative estimate of drug-likeness (QED) is 0.872. The summed E-state index contributed by atoms with van der Waals surface area (Å²) in [5.74, 6) is -0.793. The van der Waals surface area contributed by atoms with E-state index in [4.69, 9.17) is 9.92 Å². The van der Waals surface area contributed by atoms with Crippen molar-refractivity contribution in [2.45, 2.75) is 30.6 Å². The Morgan fingerprint density at radius 1 is 1.00 bits per heavy atom. The Kier molecular flexibility index (Phi) is 4.09. The number of carbonyl (C=O) groups excluding carboxylic acids is 1. The van der Waals surface area contributed by atoms with Crippen LogP contribution in [0, 0.1) is 0 Å². The molecule has 1 aliphatic carbocycles. The van der Waals surface area contributed by atoms with Crippen LogP contribution in [0.2, 0.25) is 0 Å². The van der Waals surface area contributed by atoms with Crippen LogP contribution in [0.3, 0.4) is 0 Å². The van der Waals surface area contributed by atoms with Gasteiger partial charge in [-0.1, -0.05) is 18.2 Å². The summed E-state index contributed by atoms with van der Waals surface area (Å²) in [4.78, 5) is 11.5. The molecule has 0 saturated carbocycles. The highest BCUT2D eigenvalue weighted by atomic mass is 32.2. The Balaban J connectivity index is 1.95. The smallest absolute Gasteiger partial charge is 0.339 e. The van der Waals surface area contributed by atoms with E-state index in [1.54, 1.807) is 24.3 Å². The number of aryl methyl sites for hydroxylation is 2. The Hall–Kier alpha value is -2.34. The lowest BCUT2D eigenvalue weighted by Gasteiger charge is -2.17. The van der Waals surface area contributed by atoms with Gasteiger partial charge in [0.15, 0.2) is 5.75 Å². The fourth-order valence-corrected chi connectivity index (χ4v) is 3.77. The predicted octanol–water partition coefficient (Wildman–Crippen LogP) is 2.43. The van der Waals surface area contributed by atoms with Crippen molar-refractivity contribution in [3.63, 3.8) is 0 Å². The summed E-state index contributed by atoms with van der Waals surface area (Å²) in [6.07, 6.45) is 4.03. The number of benzene rings is 2. The summed E-state index contributed by atoms with van der Waals surface area (Å²) in [5.41, 5.74) is 7.52. The van der Waals surface area contributed by atoms with E-state index >= 15 is 0 Å². The molecule has 0 saturated heterocycles. The van der Waals surface area contributed by atoms with Gasteiger partial charge in [0, 0.05) is 0 Å². The number of carbonyl (C=O) groups is 1. The fraction of sp³-hybridized carbons (Fsp3) is 0.235. The molecule has 0 fully saturated rings. The van der Waals surface area contributed by atoms with E-state index in [0.717, 1.165) is 31.2 Å².